The molecule has 0 unspecified atom stereocenters. The van der Waals surface area contributed by atoms with E-state index in [2.05, 4.69) is 16.2 Å². The van der Waals surface area contributed by atoms with Gasteiger partial charge in [0.2, 0.25) is 5.91 Å². The molecule has 0 spiro atoms. The molecule has 0 aliphatic carbocycles. The molecular weight excluding hydrogens is 386 g/mol. The van der Waals surface area contributed by atoms with Gasteiger partial charge in [0, 0.05) is 6.08 Å². The molecular formula is C22H19N3O3S. The van der Waals surface area contributed by atoms with Gasteiger partial charge in [-0.05, 0) is 53.7 Å². The molecule has 3 aromatic carbocycles. The van der Waals surface area contributed by atoms with Crippen LogP contribution in [-0.4, -0.2) is 22.0 Å². The first kappa shape index (κ1) is 20.0. The molecule has 4 N–H and O–H groups in total. The monoisotopic (exact) mass is 405 g/mol. The van der Waals surface area contributed by atoms with Crippen molar-refractivity contribution < 1.29 is 14.7 Å². The van der Waals surface area contributed by atoms with Gasteiger partial charge in [-0.1, -0.05) is 54.1 Å². The number of carbonyl (C=O) groups is 2. The van der Waals surface area contributed by atoms with Gasteiger partial charge in [-0.3, -0.25) is 25.8 Å². The lowest BCUT2D eigenvalue weighted by Crippen LogP contribution is -2.48. The molecule has 0 aliphatic rings. The number of hydrazine groups is 1. The third kappa shape index (κ3) is 5.40. The van der Waals surface area contributed by atoms with Crippen LogP contribution in [0.25, 0.3) is 16.8 Å². The fraction of sp³-hybridized carbons (Fsp3) is 0.0455. The smallest absolute Gasteiger partial charge is 0.273 e. The predicted octanol–water partition coefficient (Wildman–Crippen LogP) is 3.20. The maximum atomic E-state index is 12.3. The minimum atomic E-state index is -0.583. The minimum absolute atomic E-state index is 0.0721. The predicted molar refractivity (Wildman–Crippen MR) is 117 cm³/mol. The van der Waals surface area contributed by atoms with E-state index >= 15 is 0 Å². The Hall–Kier alpha value is -3.71. The maximum absolute atomic E-state index is 12.3. The average molecular weight is 405 g/mol. The molecule has 3 aromatic rings. The molecule has 2 amide bonds. The summed E-state index contributed by atoms with van der Waals surface area (Å²) in [5, 5.41) is 14.1. The Morgan fingerprint density at radius 2 is 1.62 bits per heavy atom. The van der Waals surface area contributed by atoms with Gasteiger partial charge in [-0.25, -0.2) is 0 Å². The second-order valence-corrected chi connectivity index (χ2v) is 6.77. The molecule has 146 valence electrons. The van der Waals surface area contributed by atoms with Gasteiger partial charge >= 0.3 is 0 Å². The van der Waals surface area contributed by atoms with E-state index in [-0.39, 0.29) is 16.4 Å². The van der Waals surface area contributed by atoms with Gasteiger partial charge in [0.15, 0.2) is 5.11 Å². The lowest BCUT2D eigenvalue weighted by molar-refractivity contribution is -0.115. The number of aromatic hydroxyl groups is 1. The normalized spacial score (nSPS) is 10.7. The van der Waals surface area contributed by atoms with E-state index in [0.717, 1.165) is 21.9 Å². The molecule has 0 aromatic heterocycles. The van der Waals surface area contributed by atoms with E-state index in [9.17, 15) is 14.7 Å². The summed E-state index contributed by atoms with van der Waals surface area (Å²) in [4.78, 5) is 24.2. The molecule has 0 fully saturated rings. The van der Waals surface area contributed by atoms with E-state index in [4.69, 9.17) is 12.2 Å². The Kier molecular flexibility index (Phi) is 6.21. The zero-order valence-corrected chi connectivity index (χ0v) is 16.4. The van der Waals surface area contributed by atoms with Crippen LogP contribution in [0.4, 0.5) is 0 Å². The third-order valence-corrected chi connectivity index (χ3v) is 4.34. The number of hydrogen-bond acceptors (Lipinski definition) is 4. The highest BCUT2D eigenvalue weighted by Crippen LogP contribution is 2.24. The van der Waals surface area contributed by atoms with Crippen LogP contribution in [0.2, 0.25) is 0 Å². The average Bonchev–Trinajstić information content (AvgIpc) is 2.71. The molecule has 7 heteroatoms. The number of phenols is 1. The number of hydrogen-bond donors (Lipinski definition) is 4. The Morgan fingerprint density at radius 3 is 2.31 bits per heavy atom. The van der Waals surface area contributed by atoms with Crippen LogP contribution in [-0.2, 0) is 4.79 Å². The summed E-state index contributed by atoms with van der Waals surface area (Å²) in [6.07, 6.45) is 3.00. The van der Waals surface area contributed by atoms with E-state index in [1.165, 1.54) is 12.1 Å². The summed E-state index contributed by atoms with van der Waals surface area (Å²) in [7, 11) is 0. The van der Waals surface area contributed by atoms with Gasteiger partial charge in [0.25, 0.3) is 5.91 Å². The van der Waals surface area contributed by atoms with E-state index in [1.807, 2.05) is 55.5 Å². The summed E-state index contributed by atoms with van der Waals surface area (Å²) in [5.41, 5.74) is 6.91. The number of carbonyl (C=O) groups excluding carboxylic acids is 2. The second-order valence-electron chi connectivity index (χ2n) is 6.36. The number of nitrogens with one attached hydrogen (secondary N) is 3. The number of thiocarbonyl (C=S) groups is 1. The van der Waals surface area contributed by atoms with E-state index in [1.54, 1.807) is 12.1 Å². The topological polar surface area (TPSA) is 90.5 Å². The zero-order valence-electron chi connectivity index (χ0n) is 15.6. The van der Waals surface area contributed by atoms with Crippen molar-refractivity contribution in [1.82, 2.24) is 16.2 Å². The standard InChI is InChI=1S/C22H19N3O3S/c1-14-6-8-15(9-7-14)10-11-20(27)23-22(29)25-24-21(28)18-12-16-4-2-3-5-17(16)13-19(18)26/h2-13,26H,1H3,(H,24,28)(H2,23,25,27,29)/b11-10+. The molecule has 6 nitrogen and oxygen atoms in total. The van der Waals surface area contributed by atoms with Gasteiger partial charge in [0.05, 0.1) is 5.56 Å². The number of rotatable bonds is 3. The SMILES string of the molecule is Cc1ccc(/C=C/C(=O)NC(=S)NNC(=O)c2cc3ccccc3cc2O)cc1. The summed E-state index contributed by atoms with van der Waals surface area (Å²) >= 11 is 5.00. The van der Waals surface area contributed by atoms with Crippen LogP contribution >= 0.6 is 12.2 Å². The Labute approximate surface area is 173 Å². The number of benzene rings is 3. The quantitative estimate of drug-likeness (QED) is 0.305. The fourth-order valence-electron chi connectivity index (χ4n) is 2.63. The highest BCUT2D eigenvalue weighted by Gasteiger charge is 2.13. The van der Waals surface area contributed by atoms with Gasteiger partial charge in [-0.15, -0.1) is 0 Å². The molecule has 3 rings (SSSR count). The third-order valence-electron chi connectivity index (χ3n) is 4.14. The number of phenolic OH excluding ortho intramolecular Hbond substituents is 1. The summed E-state index contributed by atoms with van der Waals surface area (Å²) in [6.45, 7) is 1.98. The largest absolute Gasteiger partial charge is 0.507 e. The lowest BCUT2D eigenvalue weighted by Gasteiger charge is -2.11. The molecule has 0 radical (unpaired) electrons. The van der Waals surface area contributed by atoms with Crippen molar-refractivity contribution in [3.63, 3.8) is 0 Å². The molecule has 0 bridgehead atoms. The molecule has 0 heterocycles. The highest BCUT2D eigenvalue weighted by atomic mass is 32.1. The van der Waals surface area contributed by atoms with Crippen molar-refractivity contribution >= 4 is 46.0 Å². The van der Waals surface area contributed by atoms with Crippen molar-refractivity contribution in [1.29, 1.82) is 0 Å². The number of fused-ring (bicyclic) bond motifs is 1. The van der Waals surface area contributed by atoms with Crippen molar-refractivity contribution in [2.45, 2.75) is 6.92 Å². The first-order valence-electron chi connectivity index (χ1n) is 8.80. The van der Waals surface area contributed by atoms with Crippen LogP contribution in [0.3, 0.4) is 0 Å². The Morgan fingerprint density at radius 1 is 0.966 bits per heavy atom. The zero-order chi connectivity index (χ0) is 20.8. The Balaban J connectivity index is 1.54. The van der Waals surface area contributed by atoms with E-state index in [0.29, 0.717) is 0 Å². The first-order valence-corrected chi connectivity index (χ1v) is 9.21. The summed E-state index contributed by atoms with van der Waals surface area (Å²) < 4.78 is 0. The van der Waals surface area contributed by atoms with Gasteiger partial charge in [0.1, 0.15) is 5.75 Å². The van der Waals surface area contributed by atoms with Gasteiger partial charge < -0.3 is 5.11 Å². The number of amides is 2. The summed E-state index contributed by atoms with van der Waals surface area (Å²) in [6, 6.07) is 18.1. The Bertz CT molecular complexity index is 1110. The molecule has 0 saturated carbocycles. The lowest BCUT2D eigenvalue weighted by atomic mass is 10.1. The maximum Gasteiger partial charge on any atom is 0.273 e. The van der Waals surface area contributed by atoms with Crippen molar-refractivity contribution in [2.24, 2.45) is 0 Å². The van der Waals surface area contributed by atoms with Crippen LogP contribution < -0.4 is 16.2 Å². The molecule has 0 atom stereocenters. The van der Waals surface area contributed by atoms with Crippen LogP contribution in [0, 0.1) is 6.92 Å². The van der Waals surface area contributed by atoms with Crippen LogP contribution in [0.5, 0.6) is 5.75 Å². The van der Waals surface area contributed by atoms with Crippen molar-refractivity contribution in [2.75, 3.05) is 0 Å². The van der Waals surface area contributed by atoms with Crippen LogP contribution in [0.1, 0.15) is 21.5 Å². The molecule has 29 heavy (non-hydrogen) atoms. The number of aryl methyl sites for hydroxylation is 1. The van der Waals surface area contributed by atoms with Crippen molar-refractivity contribution in [3.05, 3.63) is 83.4 Å². The summed E-state index contributed by atoms with van der Waals surface area (Å²) in [5.74, 6) is -1.18. The first-order chi connectivity index (χ1) is 13.9. The molecule has 0 saturated heterocycles. The minimum Gasteiger partial charge on any atom is -0.507 e. The van der Waals surface area contributed by atoms with E-state index < -0.39 is 11.8 Å². The van der Waals surface area contributed by atoms with Crippen molar-refractivity contribution in [3.8, 4) is 5.75 Å². The van der Waals surface area contributed by atoms with Crippen LogP contribution in [0.15, 0.2) is 66.7 Å². The van der Waals surface area contributed by atoms with Gasteiger partial charge in [-0.2, -0.15) is 0 Å². The fourth-order valence-corrected chi connectivity index (χ4v) is 2.78. The second kappa shape index (κ2) is 8.99. The highest BCUT2D eigenvalue weighted by molar-refractivity contribution is 7.80. The molecule has 0 aliphatic heterocycles.